The Morgan fingerprint density at radius 1 is 1.35 bits per heavy atom. The maximum Gasteiger partial charge on any atom is 0.0843 e. The van der Waals surface area contributed by atoms with E-state index in [2.05, 4.69) is 48.1 Å². The zero-order valence-corrected chi connectivity index (χ0v) is 13.6. The Hall–Kier alpha value is 0.580. The molecule has 4 rings (SSSR count). The molecule has 3 aliphatic heterocycles. The van der Waals surface area contributed by atoms with Crippen LogP contribution < -0.4 is 5.32 Å². The molecule has 1 N–H and O–H groups in total. The maximum atomic E-state index is 3.74. The lowest BCUT2D eigenvalue weighted by atomic mass is 9.84. The van der Waals surface area contributed by atoms with Crippen LogP contribution in [0, 0.1) is 5.92 Å². The quantitative estimate of drug-likeness (QED) is 0.865. The first kappa shape index (κ1) is 12.6. The average molecular weight is 380 g/mol. The molecule has 0 saturated carbocycles. The number of nitrogens with one attached hydrogen (secondary N) is 1. The van der Waals surface area contributed by atoms with E-state index >= 15 is 0 Å². The number of nitrogens with zero attached hydrogens (tertiary/aromatic N) is 1. The van der Waals surface area contributed by atoms with Gasteiger partial charge in [0.05, 0.1) is 3.79 Å². The van der Waals surface area contributed by atoms with Gasteiger partial charge in [-0.25, -0.2) is 0 Å². The van der Waals surface area contributed by atoms with Gasteiger partial charge in [-0.15, -0.1) is 11.3 Å². The van der Waals surface area contributed by atoms with Crippen LogP contribution in [-0.4, -0.2) is 30.6 Å². The highest BCUT2D eigenvalue weighted by Gasteiger charge is 2.33. The zero-order chi connectivity index (χ0) is 11.8. The fraction of sp³-hybridized carbons (Fsp3) is 0.667. The molecule has 1 unspecified atom stereocenters. The molecule has 1 atom stereocenters. The third kappa shape index (κ3) is 2.78. The lowest BCUT2D eigenvalue weighted by Crippen LogP contribution is -2.55. The predicted molar refractivity (Wildman–Crippen MR) is 79.5 cm³/mol. The summed E-state index contributed by atoms with van der Waals surface area (Å²) in [5.41, 5.74) is 0. The molecule has 0 aromatic carbocycles. The Morgan fingerprint density at radius 2 is 2.12 bits per heavy atom. The van der Waals surface area contributed by atoms with E-state index in [1.165, 1.54) is 45.6 Å². The fourth-order valence-electron chi connectivity index (χ4n) is 2.91. The molecule has 3 saturated heterocycles. The molecule has 0 aliphatic carbocycles. The molecule has 4 heterocycles. The average Bonchev–Trinajstić information content (AvgIpc) is 2.68. The Kier molecular flexibility index (Phi) is 3.92. The van der Waals surface area contributed by atoms with Gasteiger partial charge in [0.2, 0.25) is 0 Å². The molecule has 17 heavy (non-hydrogen) atoms. The molecule has 3 aliphatic rings. The van der Waals surface area contributed by atoms with Crippen LogP contribution in [0.15, 0.2) is 14.3 Å². The van der Waals surface area contributed by atoms with Gasteiger partial charge in [-0.3, -0.25) is 0 Å². The number of halogens is 2. The molecule has 0 radical (unpaired) electrons. The minimum atomic E-state index is 0.706. The summed E-state index contributed by atoms with van der Waals surface area (Å²) in [6.45, 7) is 4.89. The number of hydrogen-bond acceptors (Lipinski definition) is 3. The largest absolute Gasteiger partial charge is 0.308 e. The van der Waals surface area contributed by atoms with Crippen molar-refractivity contribution in [1.82, 2.24) is 10.2 Å². The van der Waals surface area contributed by atoms with Crippen LogP contribution in [0.25, 0.3) is 0 Å². The van der Waals surface area contributed by atoms with Crippen molar-refractivity contribution in [3.8, 4) is 0 Å². The molecule has 94 valence electrons. The second-order valence-corrected chi connectivity index (χ2v) is 8.27. The zero-order valence-electron chi connectivity index (χ0n) is 9.59. The molecule has 5 heteroatoms. The van der Waals surface area contributed by atoms with Crippen molar-refractivity contribution in [3.05, 3.63) is 19.2 Å². The highest BCUT2D eigenvalue weighted by Crippen LogP contribution is 2.33. The standard InChI is InChI=1S/C12H16Br2N2S/c13-10-5-9(17-12(10)14)6-15-11-7-16-3-1-8(11)2-4-16/h5,8,11,15H,1-4,6-7H2. The summed E-state index contributed by atoms with van der Waals surface area (Å²) in [7, 11) is 0. The monoisotopic (exact) mass is 378 g/mol. The number of piperidine rings is 3. The molecule has 2 nitrogen and oxygen atoms in total. The SMILES string of the molecule is Brc1cc(CNC2CN3CCC2CC3)sc1Br. The van der Waals surface area contributed by atoms with Crippen LogP contribution in [0.5, 0.6) is 0 Å². The molecular formula is C12H16Br2N2S. The fourth-order valence-corrected chi connectivity index (χ4v) is 5.03. The van der Waals surface area contributed by atoms with Gasteiger partial charge in [0.1, 0.15) is 0 Å². The lowest BCUT2D eigenvalue weighted by Gasteiger charge is -2.45. The van der Waals surface area contributed by atoms with Crippen molar-refractivity contribution >= 4 is 43.2 Å². The van der Waals surface area contributed by atoms with Gasteiger partial charge in [0, 0.05) is 28.5 Å². The smallest absolute Gasteiger partial charge is 0.0843 e. The summed E-state index contributed by atoms with van der Waals surface area (Å²) in [6, 6.07) is 2.92. The van der Waals surface area contributed by atoms with Crippen LogP contribution in [-0.2, 0) is 6.54 Å². The molecule has 2 bridgehead atoms. The van der Waals surface area contributed by atoms with E-state index < -0.39 is 0 Å². The first-order valence-electron chi connectivity index (χ1n) is 6.12. The third-order valence-electron chi connectivity index (χ3n) is 3.89. The summed E-state index contributed by atoms with van der Waals surface area (Å²) in [4.78, 5) is 4.00. The molecule has 1 aromatic rings. The van der Waals surface area contributed by atoms with Gasteiger partial charge >= 0.3 is 0 Å². The first-order chi connectivity index (χ1) is 8.22. The van der Waals surface area contributed by atoms with E-state index in [9.17, 15) is 0 Å². The van der Waals surface area contributed by atoms with Gasteiger partial charge in [-0.2, -0.15) is 0 Å². The normalized spacial score (nSPS) is 32.0. The van der Waals surface area contributed by atoms with Crippen molar-refractivity contribution in [2.24, 2.45) is 5.92 Å². The topological polar surface area (TPSA) is 15.3 Å². The lowest BCUT2D eigenvalue weighted by molar-refractivity contribution is 0.0721. The summed E-state index contributed by atoms with van der Waals surface area (Å²) in [5.74, 6) is 0.909. The number of thiophene rings is 1. The van der Waals surface area contributed by atoms with Crippen molar-refractivity contribution in [3.63, 3.8) is 0 Å². The van der Waals surface area contributed by atoms with E-state index in [4.69, 9.17) is 0 Å². The third-order valence-corrected chi connectivity index (χ3v) is 7.15. The molecule has 1 aromatic heterocycles. The van der Waals surface area contributed by atoms with Crippen molar-refractivity contribution < 1.29 is 0 Å². The van der Waals surface area contributed by atoms with E-state index in [1.807, 2.05) is 11.3 Å². The van der Waals surface area contributed by atoms with Crippen LogP contribution in [0.1, 0.15) is 17.7 Å². The van der Waals surface area contributed by atoms with E-state index in [0.29, 0.717) is 6.04 Å². The van der Waals surface area contributed by atoms with Gasteiger partial charge in [0.25, 0.3) is 0 Å². The van der Waals surface area contributed by atoms with Crippen molar-refractivity contribution in [1.29, 1.82) is 0 Å². The predicted octanol–water partition coefficient (Wildman–Crippen LogP) is 3.46. The second-order valence-electron chi connectivity index (χ2n) is 4.96. The number of fused-ring (bicyclic) bond motifs is 3. The second kappa shape index (κ2) is 5.29. The molecule has 0 amide bonds. The number of hydrogen-bond donors (Lipinski definition) is 1. The van der Waals surface area contributed by atoms with Gasteiger partial charge in [0.15, 0.2) is 0 Å². The Bertz CT molecular complexity index is 380. The van der Waals surface area contributed by atoms with E-state index in [1.54, 1.807) is 0 Å². The highest BCUT2D eigenvalue weighted by atomic mass is 79.9. The first-order valence-corrected chi connectivity index (χ1v) is 8.52. The summed E-state index contributed by atoms with van der Waals surface area (Å²) >= 11 is 8.91. The minimum absolute atomic E-state index is 0.706. The van der Waals surface area contributed by atoms with Gasteiger partial charge in [-0.05, 0) is 69.8 Å². The molecular weight excluding hydrogens is 364 g/mol. The number of rotatable bonds is 3. The van der Waals surface area contributed by atoms with Crippen LogP contribution >= 0.6 is 43.2 Å². The van der Waals surface area contributed by atoms with Crippen LogP contribution in [0.2, 0.25) is 0 Å². The molecule has 0 spiro atoms. The van der Waals surface area contributed by atoms with Crippen LogP contribution in [0.3, 0.4) is 0 Å². The van der Waals surface area contributed by atoms with Crippen LogP contribution in [0.4, 0.5) is 0 Å². The summed E-state index contributed by atoms with van der Waals surface area (Å²) in [5, 5.41) is 3.74. The van der Waals surface area contributed by atoms with E-state index in [-0.39, 0.29) is 0 Å². The van der Waals surface area contributed by atoms with Gasteiger partial charge in [-0.1, -0.05) is 0 Å². The van der Waals surface area contributed by atoms with Crippen molar-refractivity contribution in [2.45, 2.75) is 25.4 Å². The maximum absolute atomic E-state index is 3.74. The Morgan fingerprint density at radius 3 is 2.65 bits per heavy atom. The van der Waals surface area contributed by atoms with Gasteiger partial charge < -0.3 is 10.2 Å². The summed E-state index contributed by atoms with van der Waals surface area (Å²) in [6.07, 6.45) is 2.77. The van der Waals surface area contributed by atoms with E-state index in [0.717, 1.165) is 12.5 Å². The summed E-state index contributed by atoms with van der Waals surface area (Å²) < 4.78 is 2.37. The Balaban J connectivity index is 1.57. The Labute approximate surface area is 123 Å². The highest BCUT2D eigenvalue weighted by molar-refractivity contribution is 9.13. The van der Waals surface area contributed by atoms with Crippen molar-refractivity contribution in [2.75, 3.05) is 19.6 Å². The minimum Gasteiger partial charge on any atom is -0.308 e. The molecule has 3 fully saturated rings.